The van der Waals surface area contributed by atoms with Crippen LogP contribution >= 0.6 is 0 Å². The van der Waals surface area contributed by atoms with Crippen LogP contribution in [0, 0.1) is 6.92 Å². The summed E-state index contributed by atoms with van der Waals surface area (Å²) in [5, 5.41) is 8.25. The van der Waals surface area contributed by atoms with Gasteiger partial charge in [0.05, 0.1) is 4.90 Å². The second kappa shape index (κ2) is 9.40. The van der Waals surface area contributed by atoms with Crippen molar-refractivity contribution in [3.8, 4) is 28.6 Å². The van der Waals surface area contributed by atoms with Crippen LogP contribution < -0.4 is 9.46 Å². The van der Waals surface area contributed by atoms with Crippen molar-refractivity contribution in [2.75, 3.05) is 4.72 Å². The van der Waals surface area contributed by atoms with Gasteiger partial charge in [-0.3, -0.25) is 9.29 Å². The maximum atomic E-state index is 12.8. The van der Waals surface area contributed by atoms with E-state index < -0.39 is 10.0 Å². The smallest absolute Gasteiger partial charge is 0.261 e. The molecule has 0 amide bonds. The molecule has 5 aromatic rings. The van der Waals surface area contributed by atoms with E-state index in [-0.39, 0.29) is 4.90 Å². The van der Waals surface area contributed by atoms with E-state index >= 15 is 0 Å². The molecule has 0 saturated heterocycles. The summed E-state index contributed by atoms with van der Waals surface area (Å²) in [5.41, 5.74) is 2.39. The minimum atomic E-state index is -3.73. The Balaban J connectivity index is 1.24. The fourth-order valence-corrected chi connectivity index (χ4v) is 4.56. The first kappa shape index (κ1) is 22.3. The van der Waals surface area contributed by atoms with Crippen LogP contribution in [0.2, 0.25) is 0 Å². The average Bonchev–Trinajstić information content (AvgIpc) is 3.32. The first-order valence-electron chi connectivity index (χ1n) is 10.8. The van der Waals surface area contributed by atoms with Crippen LogP contribution in [0.4, 0.5) is 5.69 Å². The second-order valence-corrected chi connectivity index (χ2v) is 9.38. The Labute approximate surface area is 202 Å². The van der Waals surface area contributed by atoms with Gasteiger partial charge in [-0.15, -0.1) is 10.2 Å². The average molecular weight is 484 g/mol. The van der Waals surface area contributed by atoms with Crippen molar-refractivity contribution in [3.05, 3.63) is 109 Å². The Hall–Kier alpha value is -4.50. The molecule has 0 radical (unpaired) electrons. The minimum Gasteiger partial charge on any atom is -0.438 e. The van der Waals surface area contributed by atoms with Crippen molar-refractivity contribution < 1.29 is 13.2 Å². The molecule has 0 bridgehead atoms. The SMILES string of the molecule is Cc1nccn1-c1ccc(Oc2ccc(NS(=O)(=O)c3ccc(-c4ccccc4)cc3)cc2)nn1. The van der Waals surface area contributed by atoms with Crippen molar-refractivity contribution in [2.24, 2.45) is 0 Å². The lowest BCUT2D eigenvalue weighted by Gasteiger charge is -2.10. The van der Waals surface area contributed by atoms with E-state index in [0.29, 0.717) is 23.1 Å². The quantitative estimate of drug-likeness (QED) is 0.340. The van der Waals surface area contributed by atoms with E-state index in [4.69, 9.17) is 4.74 Å². The molecule has 0 spiro atoms. The molecule has 2 aromatic heterocycles. The molecule has 0 aliphatic carbocycles. The number of benzene rings is 3. The van der Waals surface area contributed by atoms with Gasteiger partial charge in [-0.2, -0.15) is 0 Å². The summed E-state index contributed by atoms with van der Waals surface area (Å²) < 4.78 is 35.8. The Morgan fingerprint density at radius 2 is 1.51 bits per heavy atom. The molecule has 8 nitrogen and oxygen atoms in total. The van der Waals surface area contributed by atoms with Gasteiger partial charge in [0.15, 0.2) is 5.82 Å². The molecule has 0 saturated carbocycles. The lowest BCUT2D eigenvalue weighted by Crippen LogP contribution is -2.12. The summed E-state index contributed by atoms with van der Waals surface area (Å²) >= 11 is 0. The van der Waals surface area contributed by atoms with Crippen molar-refractivity contribution in [2.45, 2.75) is 11.8 Å². The number of imidazole rings is 1. The molecule has 9 heteroatoms. The highest BCUT2D eigenvalue weighted by atomic mass is 32.2. The number of aryl methyl sites for hydroxylation is 1. The highest BCUT2D eigenvalue weighted by Crippen LogP contribution is 2.25. The number of ether oxygens (including phenoxy) is 1. The molecule has 5 rings (SSSR count). The Bertz CT molecular complexity index is 1530. The Morgan fingerprint density at radius 1 is 0.800 bits per heavy atom. The van der Waals surface area contributed by atoms with Crippen LogP contribution in [0.5, 0.6) is 11.6 Å². The van der Waals surface area contributed by atoms with Gasteiger partial charge in [-0.05, 0) is 60.5 Å². The number of nitrogens with one attached hydrogen (secondary N) is 1. The second-order valence-electron chi connectivity index (χ2n) is 7.70. The van der Waals surface area contributed by atoms with Gasteiger partial charge < -0.3 is 4.74 Å². The molecule has 0 atom stereocenters. The summed E-state index contributed by atoms with van der Waals surface area (Å²) in [6.45, 7) is 1.88. The number of rotatable bonds is 7. The Kier molecular flexibility index (Phi) is 5.99. The number of aromatic nitrogens is 4. The first-order valence-corrected chi connectivity index (χ1v) is 12.3. The van der Waals surface area contributed by atoms with E-state index in [1.165, 1.54) is 0 Å². The van der Waals surface area contributed by atoms with E-state index in [9.17, 15) is 8.42 Å². The maximum absolute atomic E-state index is 12.8. The number of hydrogen-bond acceptors (Lipinski definition) is 6. The zero-order valence-corrected chi connectivity index (χ0v) is 19.6. The molecule has 1 N–H and O–H groups in total. The summed E-state index contributed by atoms with van der Waals surface area (Å²) in [6.07, 6.45) is 3.49. The molecular weight excluding hydrogens is 462 g/mol. The highest BCUT2D eigenvalue weighted by Gasteiger charge is 2.14. The molecule has 0 aliphatic rings. The van der Waals surface area contributed by atoms with Crippen LogP contribution in [-0.4, -0.2) is 28.2 Å². The van der Waals surface area contributed by atoms with Gasteiger partial charge in [-0.25, -0.2) is 13.4 Å². The highest BCUT2D eigenvalue weighted by molar-refractivity contribution is 7.92. The Morgan fingerprint density at radius 3 is 2.14 bits per heavy atom. The molecular formula is C26H21N5O3S. The van der Waals surface area contributed by atoms with Crippen LogP contribution in [0.1, 0.15) is 5.82 Å². The zero-order chi connectivity index (χ0) is 24.3. The van der Waals surface area contributed by atoms with E-state index in [0.717, 1.165) is 17.0 Å². The lowest BCUT2D eigenvalue weighted by molar-refractivity contribution is 0.454. The third-order valence-corrected chi connectivity index (χ3v) is 6.70. The van der Waals surface area contributed by atoms with Gasteiger partial charge >= 0.3 is 0 Å². The van der Waals surface area contributed by atoms with Crippen molar-refractivity contribution in [3.63, 3.8) is 0 Å². The van der Waals surface area contributed by atoms with E-state index in [1.54, 1.807) is 73.1 Å². The number of anilines is 1. The third kappa shape index (κ3) is 5.04. The van der Waals surface area contributed by atoms with E-state index in [2.05, 4.69) is 19.9 Å². The van der Waals surface area contributed by atoms with Crippen LogP contribution in [-0.2, 0) is 10.0 Å². The summed E-state index contributed by atoms with van der Waals surface area (Å²) in [5.74, 6) is 2.26. The monoisotopic (exact) mass is 483 g/mol. The molecule has 0 unspecified atom stereocenters. The zero-order valence-electron chi connectivity index (χ0n) is 18.7. The molecule has 0 fully saturated rings. The predicted octanol–water partition coefficient (Wildman–Crippen LogP) is 5.23. The first-order chi connectivity index (χ1) is 17.0. The number of sulfonamides is 1. The molecule has 3 aromatic carbocycles. The van der Waals surface area contributed by atoms with Gasteiger partial charge in [0.2, 0.25) is 5.88 Å². The molecule has 35 heavy (non-hydrogen) atoms. The van der Waals surface area contributed by atoms with Crippen molar-refractivity contribution >= 4 is 15.7 Å². The third-order valence-electron chi connectivity index (χ3n) is 5.30. The maximum Gasteiger partial charge on any atom is 0.261 e. The summed E-state index contributed by atoms with van der Waals surface area (Å²) in [4.78, 5) is 4.35. The van der Waals surface area contributed by atoms with Crippen LogP contribution in [0.3, 0.4) is 0 Å². The van der Waals surface area contributed by atoms with Gasteiger partial charge in [0.25, 0.3) is 10.0 Å². The fraction of sp³-hybridized carbons (Fsp3) is 0.0385. The summed E-state index contributed by atoms with van der Waals surface area (Å²) in [7, 11) is -3.73. The molecule has 2 heterocycles. The minimum absolute atomic E-state index is 0.181. The number of hydrogen-bond donors (Lipinski definition) is 1. The molecule has 0 aliphatic heterocycles. The van der Waals surface area contributed by atoms with Crippen molar-refractivity contribution in [1.29, 1.82) is 0 Å². The van der Waals surface area contributed by atoms with Crippen LogP contribution in [0.25, 0.3) is 16.9 Å². The molecule has 174 valence electrons. The number of nitrogens with zero attached hydrogens (tertiary/aromatic N) is 4. The van der Waals surface area contributed by atoms with Gasteiger partial charge in [-0.1, -0.05) is 42.5 Å². The summed E-state index contributed by atoms with van der Waals surface area (Å²) in [6, 6.07) is 26.6. The standard InChI is InChI=1S/C26H21N5O3S/c1-19-27-17-18-31(19)25-15-16-26(29-28-25)34-23-11-9-22(10-12-23)30-35(32,33)24-13-7-21(8-14-24)20-5-3-2-4-6-20/h2-18,30H,1H3. The van der Waals surface area contributed by atoms with Gasteiger partial charge in [0, 0.05) is 24.1 Å². The topological polar surface area (TPSA) is 99.0 Å². The predicted molar refractivity (Wildman–Crippen MR) is 133 cm³/mol. The lowest BCUT2D eigenvalue weighted by atomic mass is 10.1. The van der Waals surface area contributed by atoms with Gasteiger partial charge in [0.1, 0.15) is 11.6 Å². The normalized spacial score (nSPS) is 11.2. The van der Waals surface area contributed by atoms with Crippen molar-refractivity contribution in [1.82, 2.24) is 19.7 Å². The fourth-order valence-electron chi connectivity index (χ4n) is 3.50. The van der Waals surface area contributed by atoms with Crippen LogP contribution in [0.15, 0.2) is 108 Å². The van der Waals surface area contributed by atoms with E-state index in [1.807, 2.05) is 41.8 Å². The largest absolute Gasteiger partial charge is 0.438 e.